The van der Waals surface area contributed by atoms with Crippen molar-refractivity contribution >= 4 is 17.4 Å². The molecule has 2 atom stereocenters. The monoisotopic (exact) mass is 569 g/mol. The number of nitrogens with zero attached hydrogens (tertiary/aromatic N) is 6. The van der Waals surface area contributed by atoms with Crippen LogP contribution in [0, 0.1) is 11.3 Å². The number of carbonyl (C=O) groups is 1. The van der Waals surface area contributed by atoms with Crippen molar-refractivity contribution in [3.8, 4) is 11.8 Å². The van der Waals surface area contributed by atoms with Gasteiger partial charge >= 0.3 is 6.18 Å². The molecule has 2 aliphatic heterocycles. The summed E-state index contributed by atoms with van der Waals surface area (Å²) in [5.74, 6) is 0.888. The number of aliphatic hydroxyl groups excluding tert-OH is 1. The summed E-state index contributed by atoms with van der Waals surface area (Å²) in [6.07, 6.45) is -3.28. The number of nitriles is 1. The molecule has 41 heavy (non-hydrogen) atoms. The van der Waals surface area contributed by atoms with Crippen LogP contribution in [0.1, 0.15) is 27.9 Å². The van der Waals surface area contributed by atoms with Gasteiger partial charge in [-0.1, -0.05) is 6.07 Å². The molecule has 3 aromatic rings. The minimum atomic E-state index is -4.91. The molecule has 2 aromatic heterocycles. The second kappa shape index (κ2) is 11.5. The highest BCUT2D eigenvalue weighted by Crippen LogP contribution is 2.36. The van der Waals surface area contributed by atoms with E-state index in [1.54, 1.807) is 41.3 Å². The zero-order chi connectivity index (χ0) is 29.1. The van der Waals surface area contributed by atoms with Crippen LogP contribution in [0.3, 0.4) is 0 Å². The zero-order valence-corrected chi connectivity index (χ0v) is 21.7. The molecule has 1 aromatic carbocycles. The van der Waals surface area contributed by atoms with Crippen LogP contribution in [0.4, 0.5) is 24.7 Å². The second-order valence-electron chi connectivity index (χ2n) is 9.79. The molecule has 0 saturated carbocycles. The molecule has 14 heteroatoms. The van der Waals surface area contributed by atoms with E-state index < -0.39 is 35.1 Å². The number of aromatic amines is 1. The van der Waals surface area contributed by atoms with Gasteiger partial charge in [-0.05, 0) is 36.8 Å². The Morgan fingerprint density at radius 3 is 2.63 bits per heavy atom. The Balaban J connectivity index is 1.23. The lowest BCUT2D eigenvalue weighted by atomic mass is 10.1. The summed E-state index contributed by atoms with van der Waals surface area (Å²) >= 11 is 0. The summed E-state index contributed by atoms with van der Waals surface area (Å²) in [7, 11) is 0. The number of rotatable bonds is 6. The first-order valence-corrected chi connectivity index (χ1v) is 12.9. The van der Waals surface area contributed by atoms with E-state index in [0.29, 0.717) is 43.1 Å². The minimum Gasteiger partial charge on any atom is -0.491 e. The predicted molar refractivity (Wildman–Crippen MR) is 141 cm³/mol. The van der Waals surface area contributed by atoms with Gasteiger partial charge in [0.15, 0.2) is 0 Å². The Morgan fingerprint density at radius 2 is 1.95 bits per heavy atom. The van der Waals surface area contributed by atoms with Gasteiger partial charge < -0.3 is 24.5 Å². The van der Waals surface area contributed by atoms with E-state index in [2.05, 4.69) is 10.1 Å². The molecule has 0 aliphatic carbocycles. The number of aromatic nitrogens is 3. The Bertz CT molecular complexity index is 1500. The zero-order valence-electron chi connectivity index (χ0n) is 21.7. The minimum absolute atomic E-state index is 0.0882. The van der Waals surface area contributed by atoms with E-state index in [1.165, 1.54) is 11.1 Å². The van der Waals surface area contributed by atoms with Gasteiger partial charge in [0.25, 0.3) is 11.5 Å². The number of nitrogens with one attached hydrogen (secondary N) is 1. The maximum Gasteiger partial charge on any atom is 0.423 e. The highest BCUT2D eigenvalue weighted by Gasteiger charge is 2.42. The van der Waals surface area contributed by atoms with Crippen LogP contribution in [-0.2, 0) is 6.18 Å². The molecule has 0 spiro atoms. The molecule has 4 heterocycles. The third-order valence-corrected chi connectivity index (χ3v) is 7.11. The van der Waals surface area contributed by atoms with E-state index in [4.69, 9.17) is 10.00 Å². The molecular weight excluding hydrogens is 543 g/mol. The van der Waals surface area contributed by atoms with Crippen LogP contribution in [0.5, 0.6) is 5.75 Å². The lowest BCUT2D eigenvalue weighted by Gasteiger charge is -2.35. The van der Waals surface area contributed by atoms with Gasteiger partial charge in [-0.25, -0.2) is 10.1 Å². The molecule has 5 rings (SSSR count). The van der Waals surface area contributed by atoms with Crippen molar-refractivity contribution in [2.75, 3.05) is 49.1 Å². The van der Waals surface area contributed by atoms with Crippen molar-refractivity contribution in [1.29, 1.82) is 5.26 Å². The van der Waals surface area contributed by atoms with Gasteiger partial charge in [0.1, 0.15) is 29.8 Å². The Hall–Kier alpha value is -4.64. The van der Waals surface area contributed by atoms with E-state index in [0.717, 1.165) is 12.0 Å². The van der Waals surface area contributed by atoms with Crippen LogP contribution < -0.4 is 20.1 Å². The Kier molecular flexibility index (Phi) is 7.80. The quantitative estimate of drug-likeness (QED) is 0.457. The van der Waals surface area contributed by atoms with E-state index in [9.17, 15) is 27.9 Å². The van der Waals surface area contributed by atoms with Crippen LogP contribution in [0.15, 0.2) is 53.6 Å². The third kappa shape index (κ3) is 6.09. The van der Waals surface area contributed by atoms with Crippen LogP contribution in [0.2, 0.25) is 0 Å². The lowest BCUT2D eigenvalue weighted by Crippen LogP contribution is -2.49. The number of ether oxygens (including phenoxy) is 1. The standard InChI is InChI=1S/C27H26F3N7O4/c28-27(29,30)24-22(14-33-34-25(24)39)37-15-20(38)11-19(37)16-41-21-3-1-2-18(10-21)26(40)36-8-6-35(7-9-36)23-5-4-17(12-31)13-32-23/h1-5,10,13-14,19-20,38H,6-9,11,15-16H2,(H,34,39)/t19-,20+/m0/s1. The molecule has 2 saturated heterocycles. The number of aliphatic hydroxyl groups is 1. The van der Waals surface area contributed by atoms with Crippen LogP contribution in [-0.4, -0.2) is 82.6 Å². The number of carbonyl (C=O) groups excluding carboxylic acids is 1. The number of H-pyrrole nitrogens is 1. The maximum absolute atomic E-state index is 13.6. The second-order valence-corrected chi connectivity index (χ2v) is 9.79. The molecule has 0 unspecified atom stereocenters. The van der Waals surface area contributed by atoms with Gasteiger partial charge in [-0.15, -0.1) is 0 Å². The number of anilines is 2. The fourth-order valence-corrected chi connectivity index (χ4v) is 5.10. The normalized spacial score (nSPS) is 19.2. The molecule has 2 fully saturated rings. The smallest absolute Gasteiger partial charge is 0.423 e. The molecule has 0 radical (unpaired) electrons. The number of benzene rings is 1. The number of halogens is 3. The number of pyridine rings is 1. The highest BCUT2D eigenvalue weighted by molar-refractivity contribution is 5.94. The largest absolute Gasteiger partial charge is 0.491 e. The molecule has 1 amide bonds. The maximum atomic E-state index is 13.6. The molecule has 214 valence electrons. The SMILES string of the molecule is N#Cc1ccc(N2CCN(C(=O)c3cccc(OC[C@@H]4C[C@@H](O)CN4c4cn[nH]c(=O)c4C(F)(F)F)c3)CC2)nc1. The predicted octanol–water partition coefficient (Wildman–Crippen LogP) is 2.04. The fraction of sp³-hybridized carbons (Fsp3) is 0.370. The van der Waals surface area contributed by atoms with Crippen molar-refractivity contribution in [2.24, 2.45) is 0 Å². The third-order valence-electron chi connectivity index (χ3n) is 7.11. The van der Waals surface area contributed by atoms with Crippen molar-refractivity contribution in [1.82, 2.24) is 20.1 Å². The number of piperazine rings is 1. The topological polar surface area (TPSA) is 139 Å². The van der Waals surface area contributed by atoms with E-state index in [1.807, 2.05) is 16.1 Å². The van der Waals surface area contributed by atoms with E-state index >= 15 is 0 Å². The van der Waals surface area contributed by atoms with Crippen molar-refractivity contribution < 1.29 is 27.8 Å². The average Bonchev–Trinajstić information content (AvgIpc) is 3.35. The molecule has 0 bridgehead atoms. The molecule has 2 aliphatic rings. The van der Waals surface area contributed by atoms with Gasteiger partial charge in [-0.2, -0.15) is 23.5 Å². The van der Waals surface area contributed by atoms with Crippen LogP contribution in [0.25, 0.3) is 0 Å². The molecular formula is C27H26F3N7O4. The van der Waals surface area contributed by atoms with Crippen LogP contribution >= 0.6 is 0 Å². The van der Waals surface area contributed by atoms with Gasteiger partial charge in [0.2, 0.25) is 0 Å². The van der Waals surface area contributed by atoms with Crippen molar-refractivity contribution in [3.63, 3.8) is 0 Å². The summed E-state index contributed by atoms with van der Waals surface area (Å²) < 4.78 is 46.7. The lowest BCUT2D eigenvalue weighted by molar-refractivity contribution is -0.138. The van der Waals surface area contributed by atoms with Gasteiger partial charge in [0, 0.05) is 44.5 Å². The first-order chi connectivity index (χ1) is 19.6. The number of hydrogen-bond donors (Lipinski definition) is 2. The van der Waals surface area contributed by atoms with Crippen molar-refractivity contribution in [2.45, 2.75) is 24.7 Å². The fourth-order valence-electron chi connectivity index (χ4n) is 5.10. The molecule has 11 nitrogen and oxygen atoms in total. The first-order valence-electron chi connectivity index (χ1n) is 12.9. The number of amides is 1. The number of alkyl halides is 3. The summed E-state index contributed by atoms with van der Waals surface area (Å²) in [6.45, 7) is 1.86. The first kappa shape index (κ1) is 27.9. The van der Waals surface area contributed by atoms with Gasteiger partial charge in [-0.3, -0.25) is 9.59 Å². The van der Waals surface area contributed by atoms with Crippen molar-refractivity contribution in [3.05, 3.63) is 75.8 Å². The summed E-state index contributed by atoms with van der Waals surface area (Å²) in [5.41, 5.74) is -2.30. The number of β-amino-alcohol motifs (C(OH)–C–C–N with tert-alkyl or cyclic N) is 1. The summed E-state index contributed by atoms with van der Waals surface area (Å²) in [6, 6.07) is 11.4. The van der Waals surface area contributed by atoms with E-state index in [-0.39, 0.29) is 25.5 Å². The Labute approximate surface area is 232 Å². The number of hydrogen-bond acceptors (Lipinski definition) is 9. The highest BCUT2D eigenvalue weighted by atomic mass is 19.4. The summed E-state index contributed by atoms with van der Waals surface area (Å²) in [4.78, 5) is 34.5. The molecule has 2 N–H and O–H groups in total. The summed E-state index contributed by atoms with van der Waals surface area (Å²) in [5, 5.41) is 24.5. The Morgan fingerprint density at radius 1 is 1.17 bits per heavy atom. The average molecular weight is 570 g/mol. The van der Waals surface area contributed by atoms with Gasteiger partial charge in [0.05, 0.1) is 29.6 Å².